The summed E-state index contributed by atoms with van der Waals surface area (Å²) < 4.78 is 28.9. The number of Topliss-reactive ketones (excluding diaryl/α,β-unsaturated/α-hetero) is 1. The first-order valence-corrected chi connectivity index (χ1v) is 6.57. The van der Waals surface area contributed by atoms with Crippen LogP contribution in [-0.2, 0) is 4.74 Å². The highest BCUT2D eigenvalue weighted by Crippen LogP contribution is 2.44. The van der Waals surface area contributed by atoms with Gasteiger partial charge in [-0.1, -0.05) is 6.07 Å². The van der Waals surface area contributed by atoms with E-state index in [-0.39, 0.29) is 24.5 Å². The Morgan fingerprint density at radius 1 is 1.05 bits per heavy atom. The first kappa shape index (κ1) is 12.3. The van der Waals surface area contributed by atoms with Crippen LogP contribution in [0.1, 0.15) is 22.0 Å². The third-order valence-electron chi connectivity index (χ3n) is 3.60. The van der Waals surface area contributed by atoms with E-state index in [9.17, 15) is 9.18 Å². The van der Waals surface area contributed by atoms with Crippen LogP contribution in [0.4, 0.5) is 4.39 Å². The zero-order valence-electron chi connectivity index (χ0n) is 10.9. The molecule has 0 unspecified atom stereocenters. The number of fused-ring (bicyclic) bond motifs is 1. The van der Waals surface area contributed by atoms with Crippen molar-refractivity contribution in [2.45, 2.75) is 12.2 Å². The smallest absolute Gasteiger partial charge is 0.231 e. The number of ether oxygens (including phenoxy) is 3. The van der Waals surface area contributed by atoms with Crippen molar-refractivity contribution >= 4 is 5.78 Å². The van der Waals surface area contributed by atoms with E-state index < -0.39 is 6.10 Å². The Labute approximate surface area is 120 Å². The van der Waals surface area contributed by atoms with Crippen molar-refractivity contribution in [3.63, 3.8) is 0 Å². The summed E-state index contributed by atoms with van der Waals surface area (Å²) in [5.74, 6) is 0.852. The second kappa shape index (κ2) is 4.56. The first-order chi connectivity index (χ1) is 10.2. The summed E-state index contributed by atoms with van der Waals surface area (Å²) in [6.07, 6.45) is -0.798. The average molecular weight is 286 g/mol. The fourth-order valence-electron chi connectivity index (χ4n) is 2.43. The Kier molecular flexibility index (Phi) is 2.68. The highest BCUT2D eigenvalue weighted by atomic mass is 19.1. The number of epoxide rings is 1. The summed E-state index contributed by atoms with van der Waals surface area (Å²) in [4.78, 5) is 12.2. The molecular formula is C16H11FO4. The van der Waals surface area contributed by atoms with Crippen molar-refractivity contribution < 1.29 is 23.4 Å². The second-order valence-corrected chi connectivity index (χ2v) is 4.96. The molecule has 1 fully saturated rings. The molecule has 2 atom stereocenters. The quantitative estimate of drug-likeness (QED) is 0.643. The van der Waals surface area contributed by atoms with Crippen molar-refractivity contribution in [1.82, 2.24) is 0 Å². The summed E-state index contributed by atoms with van der Waals surface area (Å²) in [7, 11) is 0. The summed E-state index contributed by atoms with van der Waals surface area (Å²) in [6.45, 7) is 0.211. The summed E-state index contributed by atoms with van der Waals surface area (Å²) in [5.41, 5.74) is 1.32. The number of halogens is 1. The van der Waals surface area contributed by atoms with Crippen LogP contribution in [0.3, 0.4) is 0 Å². The fourth-order valence-corrected chi connectivity index (χ4v) is 2.43. The zero-order valence-corrected chi connectivity index (χ0v) is 10.9. The minimum Gasteiger partial charge on any atom is -0.454 e. The molecule has 106 valence electrons. The zero-order chi connectivity index (χ0) is 14.4. The van der Waals surface area contributed by atoms with Crippen molar-refractivity contribution in [3.05, 3.63) is 59.4 Å². The van der Waals surface area contributed by atoms with Crippen LogP contribution >= 0.6 is 0 Å². The van der Waals surface area contributed by atoms with Crippen LogP contribution in [0.15, 0.2) is 42.5 Å². The van der Waals surface area contributed by atoms with Crippen molar-refractivity contribution in [1.29, 1.82) is 0 Å². The molecule has 4 rings (SSSR count). The molecule has 0 N–H and O–H groups in total. The topological polar surface area (TPSA) is 48.1 Å². The van der Waals surface area contributed by atoms with Gasteiger partial charge in [-0.25, -0.2) is 4.39 Å². The van der Waals surface area contributed by atoms with Crippen LogP contribution in [0.2, 0.25) is 0 Å². The van der Waals surface area contributed by atoms with Gasteiger partial charge in [-0.15, -0.1) is 0 Å². The minimum absolute atomic E-state index is 0.141. The van der Waals surface area contributed by atoms with Crippen LogP contribution in [0, 0.1) is 5.82 Å². The molecule has 0 spiro atoms. The van der Waals surface area contributed by atoms with E-state index in [1.807, 2.05) is 12.1 Å². The van der Waals surface area contributed by atoms with Crippen LogP contribution < -0.4 is 9.47 Å². The molecule has 2 aromatic rings. The lowest BCUT2D eigenvalue weighted by Gasteiger charge is -2.00. The SMILES string of the molecule is O=C(c1ccc(F)cc1)[C@@H]1O[C@@H]1c1ccc2c(c1)OCO2. The van der Waals surface area contributed by atoms with E-state index in [4.69, 9.17) is 14.2 Å². The number of hydrogen-bond donors (Lipinski definition) is 0. The molecule has 0 bridgehead atoms. The molecule has 0 saturated carbocycles. The van der Waals surface area contributed by atoms with Gasteiger partial charge in [0.05, 0.1) is 0 Å². The molecule has 2 heterocycles. The number of carbonyl (C=O) groups is 1. The highest BCUT2D eigenvalue weighted by Gasteiger charge is 2.46. The van der Waals surface area contributed by atoms with Gasteiger partial charge in [-0.3, -0.25) is 4.79 Å². The molecule has 2 aromatic carbocycles. The normalized spacial score (nSPS) is 22.1. The third kappa shape index (κ3) is 2.15. The monoisotopic (exact) mass is 286 g/mol. The van der Waals surface area contributed by atoms with E-state index in [0.717, 1.165) is 5.56 Å². The molecule has 2 aliphatic heterocycles. The summed E-state index contributed by atoms with van der Waals surface area (Å²) in [5, 5.41) is 0. The minimum atomic E-state index is -0.518. The molecular weight excluding hydrogens is 275 g/mol. The first-order valence-electron chi connectivity index (χ1n) is 6.57. The maximum absolute atomic E-state index is 12.9. The van der Waals surface area contributed by atoms with Gasteiger partial charge in [0, 0.05) is 5.56 Å². The van der Waals surface area contributed by atoms with E-state index >= 15 is 0 Å². The van der Waals surface area contributed by atoms with Gasteiger partial charge < -0.3 is 14.2 Å². The van der Waals surface area contributed by atoms with Crippen LogP contribution in [0.25, 0.3) is 0 Å². The van der Waals surface area contributed by atoms with Gasteiger partial charge in [0.1, 0.15) is 11.9 Å². The average Bonchev–Trinajstić information content (AvgIpc) is 3.17. The van der Waals surface area contributed by atoms with Gasteiger partial charge >= 0.3 is 0 Å². The standard InChI is InChI=1S/C16H11FO4/c17-11-4-1-9(2-5-11)14(18)16-15(21-16)10-3-6-12-13(7-10)20-8-19-12/h1-7,15-16H,8H2/t15-,16+/m1/s1. The van der Waals surface area contributed by atoms with Gasteiger partial charge in [0.2, 0.25) is 6.79 Å². The molecule has 1 saturated heterocycles. The number of benzene rings is 2. The summed E-state index contributed by atoms with van der Waals surface area (Å²) in [6, 6.07) is 11.0. The molecule has 0 amide bonds. The van der Waals surface area contributed by atoms with Crippen molar-refractivity contribution in [2.75, 3.05) is 6.79 Å². The molecule has 2 aliphatic rings. The Bertz CT molecular complexity index is 711. The predicted octanol–water partition coefficient (Wildman–Crippen LogP) is 2.88. The molecule has 0 aromatic heterocycles. The molecule has 5 heteroatoms. The van der Waals surface area contributed by atoms with Gasteiger partial charge in [0.15, 0.2) is 23.4 Å². The number of carbonyl (C=O) groups excluding carboxylic acids is 1. The fraction of sp³-hybridized carbons (Fsp3) is 0.188. The Morgan fingerprint density at radius 2 is 1.81 bits per heavy atom. The Balaban J connectivity index is 1.52. The second-order valence-electron chi connectivity index (χ2n) is 4.96. The van der Waals surface area contributed by atoms with E-state index in [1.165, 1.54) is 24.3 Å². The van der Waals surface area contributed by atoms with Gasteiger partial charge in [-0.2, -0.15) is 0 Å². The number of rotatable bonds is 3. The van der Waals surface area contributed by atoms with Crippen molar-refractivity contribution in [3.8, 4) is 11.5 Å². The molecule has 0 aliphatic carbocycles. The summed E-state index contributed by atoms with van der Waals surface area (Å²) >= 11 is 0. The lowest BCUT2D eigenvalue weighted by atomic mass is 10.0. The van der Waals surface area contributed by atoms with Crippen LogP contribution in [-0.4, -0.2) is 18.7 Å². The van der Waals surface area contributed by atoms with Crippen molar-refractivity contribution in [2.24, 2.45) is 0 Å². The third-order valence-corrected chi connectivity index (χ3v) is 3.60. The van der Waals surface area contributed by atoms with Gasteiger partial charge in [0.25, 0.3) is 0 Å². The lowest BCUT2D eigenvalue weighted by molar-refractivity contribution is 0.0953. The largest absolute Gasteiger partial charge is 0.454 e. The van der Waals surface area contributed by atoms with Gasteiger partial charge in [-0.05, 0) is 42.0 Å². The molecule has 0 radical (unpaired) electrons. The molecule has 21 heavy (non-hydrogen) atoms. The predicted molar refractivity (Wildman–Crippen MR) is 70.9 cm³/mol. The van der Waals surface area contributed by atoms with E-state index in [1.54, 1.807) is 6.07 Å². The number of hydrogen-bond acceptors (Lipinski definition) is 4. The lowest BCUT2D eigenvalue weighted by Crippen LogP contribution is -2.08. The van der Waals surface area contributed by atoms with E-state index in [0.29, 0.717) is 17.1 Å². The number of ketones is 1. The molecule has 4 nitrogen and oxygen atoms in total. The Morgan fingerprint density at radius 3 is 2.62 bits per heavy atom. The Hall–Kier alpha value is -2.40. The highest BCUT2D eigenvalue weighted by molar-refractivity contribution is 6.01. The van der Waals surface area contributed by atoms with E-state index in [2.05, 4.69) is 0 Å². The van der Waals surface area contributed by atoms with Crippen LogP contribution in [0.5, 0.6) is 11.5 Å². The maximum atomic E-state index is 12.9. The maximum Gasteiger partial charge on any atom is 0.231 e.